The van der Waals surface area contributed by atoms with Crippen molar-refractivity contribution in [2.75, 3.05) is 13.2 Å². The Morgan fingerprint density at radius 2 is 1.64 bits per heavy atom. The minimum atomic E-state index is 0.0790. The van der Waals surface area contributed by atoms with Crippen LogP contribution in [0.15, 0.2) is 0 Å². The molecule has 0 aromatic rings. The van der Waals surface area contributed by atoms with Crippen molar-refractivity contribution >= 4 is 0 Å². The fourth-order valence-corrected chi connectivity index (χ4v) is 2.28. The van der Waals surface area contributed by atoms with E-state index in [1.807, 2.05) is 6.92 Å². The van der Waals surface area contributed by atoms with Crippen LogP contribution >= 0.6 is 0 Å². The number of rotatable bonds is 4. The molecule has 0 aliphatic heterocycles. The highest BCUT2D eigenvalue weighted by Gasteiger charge is 2.24. The van der Waals surface area contributed by atoms with Crippen molar-refractivity contribution < 1.29 is 4.74 Å². The summed E-state index contributed by atoms with van der Waals surface area (Å²) in [6, 6.07) is 0. The van der Waals surface area contributed by atoms with Crippen molar-refractivity contribution in [1.82, 2.24) is 0 Å². The van der Waals surface area contributed by atoms with Gasteiger partial charge in [-0.2, -0.15) is 0 Å². The molecule has 0 bridgehead atoms. The van der Waals surface area contributed by atoms with Crippen molar-refractivity contribution in [3.63, 3.8) is 0 Å². The van der Waals surface area contributed by atoms with Crippen LogP contribution in [-0.2, 0) is 4.74 Å². The summed E-state index contributed by atoms with van der Waals surface area (Å²) in [4.78, 5) is 0. The van der Waals surface area contributed by atoms with Crippen LogP contribution in [0.1, 0.15) is 58.3 Å². The summed E-state index contributed by atoms with van der Waals surface area (Å²) in [6.07, 6.45) is 10.2. The van der Waals surface area contributed by atoms with E-state index in [0.717, 1.165) is 19.6 Å². The Kier molecular flexibility index (Phi) is 5.49. The first-order valence-electron chi connectivity index (χ1n) is 6.13. The lowest BCUT2D eigenvalue weighted by Gasteiger charge is -2.31. The van der Waals surface area contributed by atoms with Crippen LogP contribution in [0.4, 0.5) is 0 Å². The standard InChI is InChI=1S/C12H25NO/c1-2-14-11-10-12(13)8-6-4-3-5-7-9-12/h2-11,13H2,1H3. The molecule has 84 valence electrons. The largest absolute Gasteiger partial charge is 0.382 e. The second-order valence-electron chi connectivity index (χ2n) is 4.58. The van der Waals surface area contributed by atoms with Gasteiger partial charge in [0, 0.05) is 18.8 Å². The molecule has 0 saturated heterocycles. The maximum Gasteiger partial charge on any atom is 0.0483 e. The highest BCUT2D eigenvalue weighted by molar-refractivity contribution is 4.84. The molecule has 14 heavy (non-hydrogen) atoms. The topological polar surface area (TPSA) is 35.2 Å². The van der Waals surface area contributed by atoms with Crippen molar-refractivity contribution in [2.24, 2.45) is 5.73 Å². The zero-order chi connectivity index (χ0) is 10.3. The van der Waals surface area contributed by atoms with Crippen LogP contribution in [0, 0.1) is 0 Å². The van der Waals surface area contributed by atoms with Gasteiger partial charge >= 0.3 is 0 Å². The molecule has 1 rings (SSSR count). The average Bonchev–Trinajstić information content (AvgIpc) is 2.13. The Labute approximate surface area is 88.2 Å². The molecule has 1 saturated carbocycles. The van der Waals surface area contributed by atoms with Crippen molar-refractivity contribution in [2.45, 2.75) is 63.8 Å². The molecule has 0 radical (unpaired) electrons. The molecule has 1 fully saturated rings. The molecular formula is C12H25NO. The maximum atomic E-state index is 6.39. The van der Waals surface area contributed by atoms with E-state index < -0.39 is 0 Å². The Balaban J connectivity index is 2.27. The summed E-state index contributed by atoms with van der Waals surface area (Å²) in [7, 11) is 0. The molecule has 0 atom stereocenters. The average molecular weight is 199 g/mol. The van der Waals surface area contributed by atoms with E-state index in [1.54, 1.807) is 0 Å². The van der Waals surface area contributed by atoms with Crippen LogP contribution in [0.2, 0.25) is 0 Å². The van der Waals surface area contributed by atoms with Crippen molar-refractivity contribution in [3.8, 4) is 0 Å². The number of hydrogen-bond acceptors (Lipinski definition) is 2. The Hall–Kier alpha value is -0.0800. The van der Waals surface area contributed by atoms with Gasteiger partial charge in [0.15, 0.2) is 0 Å². The first-order chi connectivity index (χ1) is 6.77. The molecule has 2 N–H and O–H groups in total. The van der Waals surface area contributed by atoms with E-state index in [9.17, 15) is 0 Å². The second-order valence-corrected chi connectivity index (χ2v) is 4.58. The zero-order valence-corrected chi connectivity index (χ0v) is 9.56. The van der Waals surface area contributed by atoms with Crippen LogP contribution in [0.5, 0.6) is 0 Å². The third kappa shape index (κ3) is 4.43. The van der Waals surface area contributed by atoms with Gasteiger partial charge in [-0.3, -0.25) is 0 Å². The van der Waals surface area contributed by atoms with Crippen molar-refractivity contribution in [3.05, 3.63) is 0 Å². The van der Waals surface area contributed by atoms with E-state index >= 15 is 0 Å². The van der Waals surface area contributed by atoms with Gasteiger partial charge in [0.2, 0.25) is 0 Å². The predicted molar refractivity (Wildman–Crippen MR) is 60.3 cm³/mol. The van der Waals surface area contributed by atoms with Gasteiger partial charge in [-0.15, -0.1) is 0 Å². The summed E-state index contributed by atoms with van der Waals surface area (Å²) in [5, 5.41) is 0. The lowest BCUT2D eigenvalue weighted by atomic mass is 9.82. The van der Waals surface area contributed by atoms with Gasteiger partial charge in [-0.05, 0) is 26.2 Å². The highest BCUT2D eigenvalue weighted by Crippen LogP contribution is 2.26. The monoisotopic (exact) mass is 199 g/mol. The van der Waals surface area contributed by atoms with E-state index in [0.29, 0.717) is 0 Å². The van der Waals surface area contributed by atoms with Gasteiger partial charge in [0.05, 0.1) is 0 Å². The lowest BCUT2D eigenvalue weighted by Crippen LogP contribution is -2.41. The summed E-state index contributed by atoms with van der Waals surface area (Å²) in [6.45, 7) is 3.70. The van der Waals surface area contributed by atoms with Gasteiger partial charge in [-0.1, -0.05) is 32.1 Å². The molecular weight excluding hydrogens is 174 g/mol. The maximum absolute atomic E-state index is 6.39. The zero-order valence-electron chi connectivity index (χ0n) is 9.56. The summed E-state index contributed by atoms with van der Waals surface area (Å²) in [5.74, 6) is 0. The molecule has 0 heterocycles. The van der Waals surface area contributed by atoms with E-state index in [4.69, 9.17) is 10.5 Å². The lowest BCUT2D eigenvalue weighted by molar-refractivity contribution is 0.118. The fourth-order valence-electron chi connectivity index (χ4n) is 2.28. The first-order valence-corrected chi connectivity index (χ1v) is 6.13. The Morgan fingerprint density at radius 1 is 1.07 bits per heavy atom. The molecule has 0 aromatic heterocycles. The van der Waals surface area contributed by atoms with Crippen molar-refractivity contribution in [1.29, 1.82) is 0 Å². The van der Waals surface area contributed by atoms with E-state index in [-0.39, 0.29) is 5.54 Å². The highest BCUT2D eigenvalue weighted by atomic mass is 16.5. The van der Waals surface area contributed by atoms with E-state index in [2.05, 4.69) is 0 Å². The Bertz CT molecular complexity index is 139. The molecule has 0 unspecified atom stereocenters. The van der Waals surface area contributed by atoms with Crippen LogP contribution in [0.3, 0.4) is 0 Å². The second kappa shape index (κ2) is 6.41. The van der Waals surface area contributed by atoms with Gasteiger partial charge < -0.3 is 10.5 Å². The van der Waals surface area contributed by atoms with Gasteiger partial charge in [0.25, 0.3) is 0 Å². The predicted octanol–water partition coefficient (Wildman–Crippen LogP) is 2.85. The SMILES string of the molecule is CCOCCC1(N)CCCCCCC1. The minimum absolute atomic E-state index is 0.0790. The summed E-state index contributed by atoms with van der Waals surface area (Å²) in [5.41, 5.74) is 6.47. The molecule has 0 amide bonds. The molecule has 0 spiro atoms. The minimum Gasteiger partial charge on any atom is -0.382 e. The van der Waals surface area contributed by atoms with Gasteiger partial charge in [0.1, 0.15) is 0 Å². The fraction of sp³-hybridized carbons (Fsp3) is 1.00. The van der Waals surface area contributed by atoms with Crippen LogP contribution in [-0.4, -0.2) is 18.8 Å². The third-order valence-corrected chi connectivity index (χ3v) is 3.30. The van der Waals surface area contributed by atoms with Crippen LogP contribution in [0.25, 0.3) is 0 Å². The molecule has 1 aliphatic rings. The van der Waals surface area contributed by atoms with E-state index in [1.165, 1.54) is 44.9 Å². The smallest absolute Gasteiger partial charge is 0.0483 e. The number of ether oxygens (including phenoxy) is 1. The van der Waals surface area contributed by atoms with Gasteiger partial charge in [-0.25, -0.2) is 0 Å². The molecule has 2 heteroatoms. The molecule has 2 nitrogen and oxygen atoms in total. The van der Waals surface area contributed by atoms with Crippen LogP contribution < -0.4 is 5.73 Å². The quantitative estimate of drug-likeness (QED) is 0.707. The first kappa shape index (κ1) is 12.0. The molecule has 1 aliphatic carbocycles. The normalized spacial score (nSPS) is 22.7. The Morgan fingerprint density at radius 3 is 2.21 bits per heavy atom. The number of hydrogen-bond donors (Lipinski definition) is 1. The molecule has 0 aromatic carbocycles. The summed E-state index contributed by atoms with van der Waals surface area (Å²) < 4.78 is 5.39. The summed E-state index contributed by atoms with van der Waals surface area (Å²) >= 11 is 0. The third-order valence-electron chi connectivity index (χ3n) is 3.30. The number of nitrogens with two attached hydrogens (primary N) is 1.